The second kappa shape index (κ2) is 7.56. The number of carbonyl (C=O) groups is 1. The molecular weight excluding hydrogens is 419 g/mol. The van der Waals surface area contributed by atoms with Crippen LogP contribution in [0.5, 0.6) is 0 Å². The molecule has 3 rings (SSSR count). The van der Waals surface area contributed by atoms with E-state index in [2.05, 4.69) is 43.1 Å². The third-order valence-corrected chi connectivity index (χ3v) is 4.49. The minimum absolute atomic E-state index is 0.129. The van der Waals surface area contributed by atoms with Gasteiger partial charge in [-0.2, -0.15) is 5.10 Å². The van der Waals surface area contributed by atoms with E-state index in [4.69, 9.17) is 0 Å². The maximum atomic E-state index is 12.0. The molecule has 0 aliphatic rings. The van der Waals surface area contributed by atoms with Crippen LogP contribution in [0.15, 0.2) is 42.9 Å². The second-order valence-electron chi connectivity index (χ2n) is 5.38. The topological polar surface area (TPSA) is 77.6 Å². The van der Waals surface area contributed by atoms with Crippen molar-refractivity contribution in [2.45, 2.75) is 26.4 Å². The van der Waals surface area contributed by atoms with Crippen molar-refractivity contribution in [3.63, 3.8) is 0 Å². The summed E-state index contributed by atoms with van der Waals surface area (Å²) in [7, 11) is 0. The van der Waals surface area contributed by atoms with Crippen LogP contribution >= 0.6 is 22.6 Å². The van der Waals surface area contributed by atoms with E-state index in [1.807, 2.05) is 43.5 Å². The summed E-state index contributed by atoms with van der Waals surface area (Å²) < 4.78 is 4.57. The Kier molecular flexibility index (Phi) is 5.24. The summed E-state index contributed by atoms with van der Waals surface area (Å²) >= 11 is 2.23. The third kappa shape index (κ3) is 4.40. The second-order valence-corrected chi connectivity index (χ2v) is 6.54. The molecule has 0 aliphatic heterocycles. The van der Waals surface area contributed by atoms with Gasteiger partial charge in [-0.25, -0.2) is 9.67 Å². The van der Waals surface area contributed by atoms with Crippen molar-refractivity contribution in [1.82, 2.24) is 24.5 Å². The predicted molar refractivity (Wildman–Crippen MR) is 98.5 cm³/mol. The van der Waals surface area contributed by atoms with E-state index in [1.165, 1.54) is 0 Å². The largest absolute Gasteiger partial charge is 0.293 e. The van der Waals surface area contributed by atoms with Gasteiger partial charge in [0.25, 0.3) is 0 Å². The zero-order chi connectivity index (χ0) is 16.9. The van der Waals surface area contributed by atoms with E-state index in [0.717, 1.165) is 14.8 Å². The van der Waals surface area contributed by atoms with Gasteiger partial charge in [-0.15, -0.1) is 5.10 Å². The molecule has 24 heavy (non-hydrogen) atoms. The summed E-state index contributed by atoms with van der Waals surface area (Å²) in [6.45, 7) is 3.09. The molecule has 0 fully saturated rings. The Hall–Kier alpha value is -2.23. The van der Waals surface area contributed by atoms with Crippen LogP contribution < -0.4 is 5.32 Å². The van der Waals surface area contributed by atoms with Gasteiger partial charge in [0, 0.05) is 19.2 Å². The third-order valence-electron chi connectivity index (χ3n) is 3.43. The molecule has 0 atom stereocenters. The van der Waals surface area contributed by atoms with Crippen molar-refractivity contribution >= 4 is 34.4 Å². The van der Waals surface area contributed by atoms with Gasteiger partial charge < -0.3 is 0 Å². The quantitative estimate of drug-likeness (QED) is 0.603. The number of nitrogens with one attached hydrogen (secondary N) is 1. The van der Waals surface area contributed by atoms with Crippen LogP contribution in [0.1, 0.15) is 17.7 Å². The molecule has 0 aliphatic carbocycles. The van der Waals surface area contributed by atoms with Crippen molar-refractivity contribution in [2.75, 3.05) is 5.32 Å². The molecule has 2 aromatic heterocycles. The van der Waals surface area contributed by atoms with Gasteiger partial charge in [-0.3, -0.25) is 14.8 Å². The summed E-state index contributed by atoms with van der Waals surface area (Å²) in [5, 5.41) is 11.3. The minimum Gasteiger partial charge on any atom is -0.293 e. The van der Waals surface area contributed by atoms with Gasteiger partial charge >= 0.3 is 0 Å². The van der Waals surface area contributed by atoms with Gasteiger partial charge in [0.15, 0.2) is 0 Å². The molecule has 1 aromatic carbocycles. The molecule has 1 amide bonds. The molecule has 0 saturated heterocycles. The van der Waals surface area contributed by atoms with Crippen molar-refractivity contribution in [3.05, 3.63) is 57.7 Å². The summed E-state index contributed by atoms with van der Waals surface area (Å²) in [4.78, 5) is 16.1. The van der Waals surface area contributed by atoms with Crippen LogP contribution in [0.4, 0.5) is 5.95 Å². The van der Waals surface area contributed by atoms with E-state index in [1.54, 1.807) is 15.7 Å². The number of benzene rings is 1. The fourth-order valence-electron chi connectivity index (χ4n) is 2.21. The Bertz CT molecular complexity index is 807. The van der Waals surface area contributed by atoms with Gasteiger partial charge in [-0.05, 0) is 35.1 Å². The molecule has 0 saturated carbocycles. The Morgan fingerprint density at radius 3 is 2.71 bits per heavy atom. The Balaban J connectivity index is 1.51. The van der Waals surface area contributed by atoms with E-state index in [0.29, 0.717) is 25.5 Å². The van der Waals surface area contributed by atoms with Gasteiger partial charge in [0.2, 0.25) is 11.9 Å². The molecule has 2 heterocycles. The molecular formula is C16H17IN6O. The fraction of sp³-hybridized carbons (Fsp3) is 0.250. The molecule has 1 N–H and O–H groups in total. The van der Waals surface area contributed by atoms with Crippen molar-refractivity contribution in [3.8, 4) is 0 Å². The molecule has 7 nitrogen and oxygen atoms in total. The maximum Gasteiger partial charge on any atom is 0.248 e. The van der Waals surface area contributed by atoms with Crippen molar-refractivity contribution in [2.24, 2.45) is 0 Å². The summed E-state index contributed by atoms with van der Waals surface area (Å²) in [5.74, 6) is 0.192. The lowest BCUT2D eigenvalue weighted by Crippen LogP contribution is -2.16. The van der Waals surface area contributed by atoms with Crippen LogP contribution in [0.25, 0.3) is 0 Å². The first-order valence-electron chi connectivity index (χ1n) is 7.53. The highest BCUT2D eigenvalue weighted by Gasteiger charge is 2.08. The van der Waals surface area contributed by atoms with Crippen molar-refractivity contribution in [1.29, 1.82) is 0 Å². The predicted octanol–water partition coefficient (Wildman–Crippen LogP) is 2.46. The number of hydrogen-bond donors (Lipinski definition) is 1. The lowest BCUT2D eigenvalue weighted by Gasteiger charge is -2.02. The maximum absolute atomic E-state index is 12.0. The standard InChI is InChI=1S/C16H17IN6O/c1-12-14(17)10-22(20-12)8-7-15(24)19-16-18-11-23(21-16)9-13-5-3-2-4-6-13/h2-6,10-11H,7-9H2,1H3,(H,19,21,24). The first-order valence-corrected chi connectivity index (χ1v) is 8.61. The van der Waals surface area contributed by atoms with E-state index >= 15 is 0 Å². The normalized spacial score (nSPS) is 10.8. The number of amides is 1. The monoisotopic (exact) mass is 436 g/mol. The molecule has 3 aromatic rings. The highest BCUT2D eigenvalue weighted by atomic mass is 127. The fourth-order valence-corrected chi connectivity index (χ4v) is 2.64. The zero-order valence-corrected chi connectivity index (χ0v) is 15.3. The number of anilines is 1. The number of nitrogens with zero attached hydrogens (tertiary/aromatic N) is 5. The highest BCUT2D eigenvalue weighted by Crippen LogP contribution is 2.09. The number of aromatic nitrogens is 5. The Morgan fingerprint density at radius 2 is 2.00 bits per heavy atom. The van der Waals surface area contributed by atoms with Crippen LogP contribution in [0, 0.1) is 10.5 Å². The van der Waals surface area contributed by atoms with E-state index < -0.39 is 0 Å². The summed E-state index contributed by atoms with van der Waals surface area (Å²) in [6, 6.07) is 9.97. The van der Waals surface area contributed by atoms with Gasteiger partial charge in [-0.1, -0.05) is 30.3 Å². The van der Waals surface area contributed by atoms with Crippen LogP contribution in [0.2, 0.25) is 0 Å². The van der Waals surface area contributed by atoms with Crippen LogP contribution in [-0.4, -0.2) is 30.5 Å². The summed E-state index contributed by atoms with van der Waals surface area (Å²) in [5.41, 5.74) is 2.10. The van der Waals surface area contributed by atoms with Crippen LogP contribution in [0.3, 0.4) is 0 Å². The number of carbonyl (C=O) groups excluding carboxylic acids is 1. The average Bonchev–Trinajstić information content (AvgIpc) is 3.13. The molecule has 8 heteroatoms. The highest BCUT2D eigenvalue weighted by molar-refractivity contribution is 14.1. The van der Waals surface area contributed by atoms with Crippen molar-refractivity contribution < 1.29 is 4.79 Å². The first kappa shape index (κ1) is 16.6. The number of hydrogen-bond acceptors (Lipinski definition) is 4. The van der Waals surface area contributed by atoms with Gasteiger partial charge in [0.05, 0.1) is 15.8 Å². The number of halogens is 1. The minimum atomic E-state index is -0.129. The SMILES string of the molecule is Cc1nn(CCC(=O)Nc2ncn(Cc3ccccc3)n2)cc1I. The number of rotatable bonds is 6. The average molecular weight is 436 g/mol. The van der Waals surface area contributed by atoms with E-state index in [9.17, 15) is 4.79 Å². The smallest absolute Gasteiger partial charge is 0.248 e. The molecule has 124 valence electrons. The molecule has 0 unspecified atom stereocenters. The van der Waals surface area contributed by atoms with Gasteiger partial charge in [0.1, 0.15) is 6.33 Å². The Morgan fingerprint density at radius 1 is 1.21 bits per heavy atom. The Labute approximate surface area is 153 Å². The lowest BCUT2D eigenvalue weighted by atomic mass is 10.2. The molecule has 0 radical (unpaired) electrons. The van der Waals surface area contributed by atoms with Crippen LogP contribution in [-0.2, 0) is 17.9 Å². The summed E-state index contributed by atoms with van der Waals surface area (Å²) in [6.07, 6.45) is 3.86. The zero-order valence-electron chi connectivity index (χ0n) is 13.2. The first-order chi connectivity index (χ1) is 11.6. The number of aryl methyl sites for hydroxylation is 2. The lowest BCUT2D eigenvalue weighted by molar-refractivity contribution is -0.116. The molecule has 0 spiro atoms. The molecule has 0 bridgehead atoms. The van der Waals surface area contributed by atoms with E-state index in [-0.39, 0.29) is 5.91 Å².